The van der Waals surface area contributed by atoms with Gasteiger partial charge in [0.05, 0.1) is 5.37 Å². The standard InChI is InChI=1S/C9H20N2OS/c1-7(10-3)5-6-9(13)11(4)8(2)12/h7,9-10,13H,5-6H2,1-4H3. The zero-order chi connectivity index (χ0) is 10.4. The molecule has 0 heterocycles. The van der Waals surface area contributed by atoms with Crippen molar-refractivity contribution in [3.05, 3.63) is 0 Å². The van der Waals surface area contributed by atoms with Crippen molar-refractivity contribution in [2.24, 2.45) is 0 Å². The molecule has 0 rings (SSSR count). The van der Waals surface area contributed by atoms with Crippen LogP contribution < -0.4 is 5.32 Å². The molecule has 0 aromatic heterocycles. The van der Waals surface area contributed by atoms with Crippen molar-refractivity contribution in [1.82, 2.24) is 10.2 Å². The highest BCUT2D eigenvalue weighted by molar-refractivity contribution is 7.80. The maximum absolute atomic E-state index is 11.0. The highest BCUT2D eigenvalue weighted by Gasteiger charge is 2.12. The Bertz CT molecular complexity index is 164. The predicted octanol–water partition coefficient (Wildman–Crippen LogP) is 1.11. The Morgan fingerprint density at radius 2 is 2.08 bits per heavy atom. The summed E-state index contributed by atoms with van der Waals surface area (Å²) in [7, 11) is 3.72. The Balaban J connectivity index is 3.73. The molecule has 3 nitrogen and oxygen atoms in total. The zero-order valence-electron chi connectivity index (χ0n) is 8.87. The van der Waals surface area contributed by atoms with E-state index in [0.717, 1.165) is 12.8 Å². The Morgan fingerprint density at radius 1 is 1.54 bits per heavy atom. The molecule has 13 heavy (non-hydrogen) atoms. The Kier molecular flexibility index (Phi) is 6.16. The maximum Gasteiger partial charge on any atom is 0.220 e. The van der Waals surface area contributed by atoms with Crippen molar-refractivity contribution in [2.45, 2.75) is 38.1 Å². The van der Waals surface area contributed by atoms with Crippen LogP contribution in [-0.2, 0) is 4.79 Å². The minimum absolute atomic E-state index is 0.0355. The number of carbonyl (C=O) groups is 1. The topological polar surface area (TPSA) is 32.3 Å². The lowest BCUT2D eigenvalue weighted by Crippen LogP contribution is -2.33. The van der Waals surface area contributed by atoms with Crippen molar-refractivity contribution in [2.75, 3.05) is 14.1 Å². The molecule has 0 radical (unpaired) electrons. The minimum Gasteiger partial charge on any atom is -0.334 e. The van der Waals surface area contributed by atoms with Crippen LogP contribution in [0.4, 0.5) is 0 Å². The van der Waals surface area contributed by atoms with Gasteiger partial charge in [0.2, 0.25) is 5.91 Å². The summed E-state index contributed by atoms with van der Waals surface area (Å²) in [5.41, 5.74) is 0. The van der Waals surface area contributed by atoms with Crippen molar-refractivity contribution in [1.29, 1.82) is 0 Å². The van der Waals surface area contributed by atoms with E-state index in [-0.39, 0.29) is 11.3 Å². The van der Waals surface area contributed by atoms with Crippen LogP contribution in [0.15, 0.2) is 0 Å². The molecule has 0 saturated carbocycles. The van der Waals surface area contributed by atoms with Crippen molar-refractivity contribution >= 4 is 18.5 Å². The molecule has 0 saturated heterocycles. The van der Waals surface area contributed by atoms with Crippen molar-refractivity contribution in [3.8, 4) is 0 Å². The number of amides is 1. The van der Waals surface area contributed by atoms with E-state index in [0.29, 0.717) is 6.04 Å². The summed E-state index contributed by atoms with van der Waals surface area (Å²) < 4.78 is 0. The van der Waals surface area contributed by atoms with Gasteiger partial charge in [-0.25, -0.2) is 0 Å². The lowest BCUT2D eigenvalue weighted by atomic mass is 10.2. The molecule has 0 spiro atoms. The largest absolute Gasteiger partial charge is 0.334 e. The molecule has 0 fully saturated rings. The first kappa shape index (κ1) is 12.8. The fraction of sp³-hybridized carbons (Fsp3) is 0.889. The number of carbonyl (C=O) groups excluding carboxylic acids is 1. The van der Waals surface area contributed by atoms with Crippen LogP contribution in [0.3, 0.4) is 0 Å². The van der Waals surface area contributed by atoms with Crippen LogP contribution in [0.2, 0.25) is 0 Å². The molecule has 2 unspecified atom stereocenters. The fourth-order valence-corrected chi connectivity index (χ4v) is 1.26. The Hall–Kier alpha value is -0.220. The first-order valence-electron chi connectivity index (χ1n) is 4.57. The van der Waals surface area contributed by atoms with Gasteiger partial charge < -0.3 is 10.2 Å². The molecule has 1 amide bonds. The Morgan fingerprint density at radius 3 is 2.46 bits per heavy atom. The summed E-state index contributed by atoms with van der Waals surface area (Å²) in [4.78, 5) is 12.6. The van der Waals surface area contributed by atoms with Crippen LogP contribution >= 0.6 is 12.6 Å². The number of thiol groups is 1. The van der Waals surface area contributed by atoms with Gasteiger partial charge in [-0.15, -0.1) is 0 Å². The van der Waals surface area contributed by atoms with E-state index < -0.39 is 0 Å². The van der Waals surface area contributed by atoms with E-state index in [4.69, 9.17) is 0 Å². The van der Waals surface area contributed by atoms with Gasteiger partial charge in [-0.1, -0.05) is 0 Å². The van der Waals surface area contributed by atoms with Crippen molar-refractivity contribution < 1.29 is 4.79 Å². The van der Waals surface area contributed by atoms with Crippen LogP contribution in [0, 0.1) is 0 Å². The second kappa shape index (κ2) is 6.27. The molecule has 0 bridgehead atoms. The summed E-state index contributed by atoms with van der Waals surface area (Å²) >= 11 is 4.36. The molecule has 4 heteroatoms. The van der Waals surface area contributed by atoms with Crippen LogP contribution in [-0.4, -0.2) is 36.3 Å². The summed E-state index contributed by atoms with van der Waals surface area (Å²) in [5, 5.41) is 3.19. The van der Waals surface area contributed by atoms with E-state index in [1.165, 1.54) is 0 Å². The molecule has 78 valence electrons. The normalized spacial score (nSPS) is 15.2. The van der Waals surface area contributed by atoms with Crippen LogP contribution in [0.5, 0.6) is 0 Å². The van der Waals surface area contributed by atoms with Gasteiger partial charge in [0.15, 0.2) is 0 Å². The van der Waals surface area contributed by atoms with Gasteiger partial charge in [-0.3, -0.25) is 4.79 Å². The van der Waals surface area contributed by atoms with Gasteiger partial charge >= 0.3 is 0 Å². The lowest BCUT2D eigenvalue weighted by molar-refractivity contribution is -0.128. The second-order valence-electron chi connectivity index (χ2n) is 3.38. The molecule has 0 aromatic rings. The molecule has 1 N–H and O–H groups in total. The first-order chi connectivity index (χ1) is 5.99. The van der Waals surface area contributed by atoms with E-state index >= 15 is 0 Å². The fourth-order valence-electron chi connectivity index (χ4n) is 0.947. The zero-order valence-corrected chi connectivity index (χ0v) is 9.77. The summed E-state index contributed by atoms with van der Waals surface area (Å²) in [6.45, 7) is 3.68. The third kappa shape index (κ3) is 5.16. The van der Waals surface area contributed by atoms with Crippen LogP contribution in [0.1, 0.15) is 26.7 Å². The average Bonchev–Trinajstić information content (AvgIpc) is 2.11. The first-order valence-corrected chi connectivity index (χ1v) is 5.09. The highest BCUT2D eigenvalue weighted by Crippen LogP contribution is 2.10. The van der Waals surface area contributed by atoms with E-state index in [1.807, 2.05) is 7.05 Å². The molecule has 0 aliphatic carbocycles. The van der Waals surface area contributed by atoms with E-state index in [1.54, 1.807) is 18.9 Å². The Labute approximate surface area is 86.3 Å². The van der Waals surface area contributed by atoms with E-state index in [2.05, 4.69) is 24.9 Å². The third-order valence-electron chi connectivity index (χ3n) is 2.29. The summed E-state index contributed by atoms with van der Waals surface area (Å²) in [6, 6.07) is 0.481. The second-order valence-corrected chi connectivity index (χ2v) is 3.97. The maximum atomic E-state index is 11.0. The predicted molar refractivity (Wildman–Crippen MR) is 59.0 cm³/mol. The lowest BCUT2D eigenvalue weighted by Gasteiger charge is -2.23. The average molecular weight is 204 g/mol. The molecule has 2 atom stereocenters. The van der Waals surface area contributed by atoms with Gasteiger partial charge in [-0.05, 0) is 26.8 Å². The molecule has 0 aliphatic rings. The van der Waals surface area contributed by atoms with Gasteiger partial charge in [0.25, 0.3) is 0 Å². The SMILES string of the molecule is CNC(C)CCC(S)N(C)C(C)=O. The van der Waals surface area contributed by atoms with Crippen molar-refractivity contribution in [3.63, 3.8) is 0 Å². The smallest absolute Gasteiger partial charge is 0.220 e. The number of nitrogens with one attached hydrogen (secondary N) is 1. The van der Waals surface area contributed by atoms with Gasteiger partial charge in [-0.2, -0.15) is 12.6 Å². The molecular weight excluding hydrogens is 184 g/mol. The molecule has 0 aromatic carbocycles. The quantitative estimate of drug-likeness (QED) is 0.519. The van der Waals surface area contributed by atoms with Crippen LogP contribution in [0.25, 0.3) is 0 Å². The van der Waals surface area contributed by atoms with Gasteiger partial charge in [0, 0.05) is 20.0 Å². The van der Waals surface area contributed by atoms with E-state index in [9.17, 15) is 4.79 Å². The summed E-state index contributed by atoms with van der Waals surface area (Å²) in [5.74, 6) is 0.0668. The number of hydrogen-bond acceptors (Lipinski definition) is 3. The highest BCUT2D eigenvalue weighted by atomic mass is 32.1. The number of hydrogen-bond donors (Lipinski definition) is 2. The number of nitrogens with zero attached hydrogens (tertiary/aromatic N) is 1. The van der Waals surface area contributed by atoms with Gasteiger partial charge in [0.1, 0.15) is 0 Å². The minimum atomic E-state index is 0.0355. The number of rotatable bonds is 5. The molecular formula is C9H20N2OS. The molecule has 0 aliphatic heterocycles. The third-order valence-corrected chi connectivity index (χ3v) is 2.90. The summed E-state index contributed by atoms with van der Waals surface area (Å²) in [6.07, 6.45) is 1.95. The monoisotopic (exact) mass is 204 g/mol.